The van der Waals surface area contributed by atoms with E-state index in [0.29, 0.717) is 16.6 Å². The maximum Gasteiger partial charge on any atom is 0.267 e. The Bertz CT molecular complexity index is 999. The highest BCUT2D eigenvalue weighted by Crippen LogP contribution is 2.22. The van der Waals surface area contributed by atoms with Crippen LogP contribution in [0.4, 0.5) is 0 Å². The first kappa shape index (κ1) is 18.6. The number of carbonyl (C=O) groups is 1. The van der Waals surface area contributed by atoms with E-state index in [1.54, 1.807) is 11.6 Å². The molecule has 27 heavy (non-hydrogen) atoms. The van der Waals surface area contributed by atoms with Crippen molar-refractivity contribution in [1.82, 2.24) is 15.4 Å². The van der Waals surface area contributed by atoms with Gasteiger partial charge in [-0.15, -0.1) is 0 Å². The van der Waals surface area contributed by atoms with Gasteiger partial charge in [0.2, 0.25) is 0 Å². The number of aromatic nitrogens is 2. The van der Waals surface area contributed by atoms with Gasteiger partial charge in [-0.1, -0.05) is 66.4 Å². The summed E-state index contributed by atoms with van der Waals surface area (Å²) in [4.78, 5) is 30.2. The number of thioether (sulfide) groups is 1. The molecule has 1 amide bonds. The topological polar surface area (TPSA) is 95.1 Å². The van der Waals surface area contributed by atoms with E-state index >= 15 is 0 Å². The Morgan fingerprint density at radius 3 is 2.59 bits per heavy atom. The van der Waals surface area contributed by atoms with Gasteiger partial charge in [0.15, 0.2) is 5.16 Å². The Hall–Kier alpha value is -3.16. The lowest BCUT2D eigenvalue weighted by molar-refractivity contribution is -0.124. The number of amides is 1. The maximum absolute atomic E-state index is 11.9. The number of rotatable bonds is 6. The van der Waals surface area contributed by atoms with Crippen LogP contribution in [0.15, 0.2) is 76.7 Å². The van der Waals surface area contributed by atoms with Gasteiger partial charge in [0.05, 0.1) is 5.69 Å². The number of hydroxylamine groups is 1. The van der Waals surface area contributed by atoms with Crippen LogP contribution in [0.3, 0.4) is 0 Å². The van der Waals surface area contributed by atoms with Crippen molar-refractivity contribution >= 4 is 23.7 Å². The highest BCUT2D eigenvalue weighted by atomic mass is 32.2. The van der Waals surface area contributed by atoms with E-state index < -0.39 is 5.91 Å². The van der Waals surface area contributed by atoms with Crippen molar-refractivity contribution in [1.29, 1.82) is 0 Å². The SMILES string of the molecule is O=C(/C=C/c1ccc(CSc2nc(-c3ccccc3)cc(=O)[nH]2)cc1)NO. The second-order valence-electron chi connectivity index (χ2n) is 5.64. The minimum Gasteiger partial charge on any atom is -0.301 e. The molecule has 0 saturated heterocycles. The average molecular weight is 379 g/mol. The zero-order chi connectivity index (χ0) is 19.1. The molecular formula is C20H17N3O3S. The lowest BCUT2D eigenvalue weighted by Gasteiger charge is -2.05. The summed E-state index contributed by atoms with van der Waals surface area (Å²) in [6.07, 6.45) is 2.85. The van der Waals surface area contributed by atoms with E-state index in [-0.39, 0.29) is 5.56 Å². The number of nitrogens with zero attached hydrogens (tertiary/aromatic N) is 1. The minimum atomic E-state index is -0.581. The molecule has 0 unspecified atom stereocenters. The predicted octanol–water partition coefficient (Wildman–Crippen LogP) is 3.25. The third kappa shape index (κ3) is 5.40. The summed E-state index contributed by atoms with van der Waals surface area (Å²) in [6.45, 7) is 0. The Morgan fingerprint density at radius 2 is 1.89 bits per heavy atom. The van der Waals surface area contributed by atoms with Gasteiger partial charge in [-0.3, -0.25) is 14.8 Å². The number of benzene rings is 2. The van der Waals surface area contributed by atoms with Crippen molar-refractivity contribution in [2.24, 2.45) is 0 Å². The fourth-order valence-electron chi connectivity index (χ4n) is 2.35. The molecule has 0 fully saturated rings. The van der Waals surface area contributed by atoms with Crippen LogP contribution in [-0.4, -0.2) is 21.1 Å². The van der Waals surface area contributed by atoms with Gasteiger partial charge < -0.3 is 4.98 Å². The van der Waals surface area contributed by atoms with Crippen molar-refractivity contribution in [3.8, 4) is 11.3 Å². The van der Waals surface area contributed by atoms with Crippen LogP contribution in [-0.2, 0) is 10.5 Å². The van der Waals surface area contributed by atoms with Crippen LogP contribution < -0.4 is 11.0 Å². The molecule has 1 aromatic heterocycles. The Kier molecular flexibility index (Phi) is 6.19. The molecular weight excluding hydrogens is 362 g/mol. The molecule has 6 nitrogen and oxygen atoms in total. The molecule has 0 bridgehead atoms. The van der Waals surface area contributed by atoms with Crippen molar-refractivity contribution < 1.29 is 10.0 Å². The van der Waals surface area contributed by atoms with Gasteiger partial charge >= 0.3 is 0 Å². The lowest BCUT2D eigenvalue weighted by Crippen LogP contribution is -2.14. The van der Waals surface area contributed by atoms with Gasteiger partial charge in [0.1, 0.15) is 0 Å². The molecule has 1 heterocycles. The molecule has 7 heteroatoms. The van der Waals surface area contributed by atoms with E-state index in [2.05, 4.69) is 9.97 Å². The van der Waals surface area contributed by atoms with Crippen LogP contribution in [0.5, 0.6) is 0 Å². The first-order chi connectivity index (χ1) is 13.1. The van der Waals surface area contributed by atoms with Gasteiger partial charge in [-0.05, 0) is 17.2 Å². The van der Waals surface area contributed by atoms with Gasteiger partial charge in [0, 0.05) is 23.5 Å². The molecule has 0 aliphatic rings. The summed E-state index contributed by atoms with van der Waals surface area (Å²) in [5.74, 6) is 0.0606. The summed E-state index contributed by atoms with van der Waals surface area (Å²) < 4.78 is 0. The van der Waals surface area contributed by atoms with Gasteiger partial charge in [0.25, 0.3) is 11.5 Å². The molecule has 2 aromatic carbocycles. The van der Waals surface area contributed by atoms with Crippen molar-refractivity contribution in [2.45, 2.75) is 10.9 Å². The molecule has 0 spiro atoms. The lowest BCUT2D eigenvalue weighted by atomic mass is 10.1. The monoisotopic (exact) mass is 379 g/mol. The Labute approximate surface area is 159 Å². The third-order valence-electron chi connectivity index (χ3n) is 3.68. The van der Waals surface area contributed by atoms with Gasteiger partial charge in [-0.25, -0.2) is 10.5 Å². The van der Waals surface area contributed by atoms with Gasteiger partial charge in [-0.2, -0.15) is 0 Å². The molecule has 0 saturated carbocycles. The zero-order valence-electron chi connectivity index (χ0n) is 14.3. The summed E-state index contributed by atoms with van der Waals surface area (Å²) in [5, 5.41) is 9.02. The number of H-pyrrole nitrogens is 1. The van der Waals surface area contributed by atoms with Crippen LogP contribution in [0.1, 0.15) is 11.1 Å². The molecule has 0 atom stereocenters. The van der Waals surface area contributed by atoms with E-state index in [1.807, 2.05) is 54.6 Å². The minimum absolute atomic E-state index is 0.186. The first-order valence-corrected chi connectivity index (χ1v) is 9.13. The summed E-state index contributed by atoms with van der Waals surface area (Å²) >= 11 is 1.44. The quantitative estimate of drug-likeness (QED) is 0.201. The van der Waals surface area contributed by atoms with Crippen molar-refractivity contribution in [2.75, 3.05) is 0 Å². The van der Waals surface area contributed by atoms with Crippen LogP contribution in [0.25, 0.3) is 17.3 Å². The molecule has 0 aliphatic heterocycles. The number of aromatic amines is 1. The average Bonchev–Trinajstić information content (AvgIpc) is 2.71. The smallest absolute Gasteiger partial charge is 0.267 e. The number of nitrogens with one attached hydrogen (secondary N) is 2. The Morgan fingerprint density at radius 1 is 1.15 bits per heavy atom. The zero-order valence-corrected chi connectivity index (χ0v) is 15.1. The largest absolute Gasteiger partial charge is 0.301 e. The van der Waals surface area contributed by atoms with Crippen LogP contribution >= 0.6 is 11.8 Å². The van der Waals surface area contributed by atoms with E-state index in [4.69, 9.17) is 5.21 Å². The fourth-order valence-corrected chi connectivity index (χ4v) is 3.18. The first-order valence-electron chi connectivity index (χ1n) is 8.15. The van der Waals surface area contributed by atoms with Crippen LogP contribution in [0.2, 0.25) is 0 Å². The molecule has 3 rings (SSSR count). The summed E-state index contributed by atoms with van der Waals surface area (Å²) in [6, 6.07) is 18.7. The molecule has 136 valence electrons. The molecule has 3 aromatic rings. The molecule has 0 aliphatic carbocycles. The maximum atomic E-state index is 11.9. The van der Waals surface area contributed by atoms with Crippen molar-refractivity contribution in [3.05, 3.63) is 88.2 Å². The molecule has 3 N–H and O–H groups in total. The van der Waals surface area contributed by atoms with Crippen LogP contribution in [0, 0.1) is 0 Å². The third-order valence-corrected chi connectivity index (χ3v) is 4.63. The highest BCUT2D eigenvalue weighted by molar-refractivity contribution is 7.98. The standard InChI is InChI=1S/C20H17N3O3S/c24-18(23-26)11-10-14-6-8-15(9-7-14)13-27-20-21-17(12-19(25)22-20)16-4-2-1-3-5-16/h1-12,26H,13H2,(H,23,24)(H,21,22,25)/b11-10+. The highest BCUT2D eigenvalue weighted by Gasteiger charge is 2.05. The van der Waals surface area contributed by atoms with E-state index in [1.165, 1.54) is 23.9 Å². The summed E-state index contributed by atoms with van der Waals surface area (Å²) in [5.41, 5.74) is 4.78. The number of hydrogen-bond donors (Lipinski definition) is 3. The second kappa shape index (κ2) is 8.98. The Balaban J connectivity index is 1.68. The predicted molar refractivity (Wildman–Crippen MR) is 105 cm³/mol. The normalized spacial score (nSPS) is 10.9. The number of hydrogen-bond acceptors (Lipinski definition) is 5. The van der Waals surface area contributed by atoms with E-state index in [9.17, 15) is 9.59 Å². The molecule has 0 radical (unpaired) electrons. The number of carbonyl (C=O) groups excluding carboxylic acids is 1. The van der Waals surface area contributed by atoms with Crippen molar-refractivity contribution in [3.63, 3.8) is 0 Å². The fraction of sp³-hybridized carbons (Fsp3) is 0.0500. The second-order valence-corrected chi connectivity index (χ2v) is 6.61. The summed E-state index contributed by atoms with van der Waals surface area (Å²) in [7, 11) is 0. The van der Waals surface area contributed by atoms with E-state index in [0.717, 1.165) is 16.7 Å².